The van der Waals surface area contributed by atoms with Crippen LogP contribution in [-0.2, 0) is 4.74 Å². The van der Waals surface area contributed by atoms with E-state index in [1.54, 1.807) is 0 Å². The molecule has 1 aromatic carbocycles. The summed E-state index contributed by atoms with van der Waals surface area (Å²) in [5.41, 5.74) is 0. The zero-order valence-corrected chi connectivity index (χ0v) is 10.2. The number of rotatable bonds is 2. The van der Waals surface area contributed by atoms with Gasteiger partial charge in [0.05, 0.1) is 0 Å². The Bertz CT molecular complexity index is 273. The second-order valence-electron chi connectivity index (χ2n) is 3.69. The SMILES string of the molecule is C[C@H]1OCCC[C@@H]1[Se]c1ccccc1. The van der Waals surface area contributed by atoms with E-state index in [2.05, 4.69) is 37.3 Å². The van der Waals surface area contributed by atoms with Crippen LogP contribution in [0, 0.1) is 0 Å². The van der Waals surface area contributed by atoms with Gasteiger partial charge in [-0.05, 0) is 0 Å². The van der Waals surface area contributed by atoms with Crippen LogP contribution >= 0.6 is 0 Å². The normalized spacial score (nSPS) is 27.5. The van der Waals surface area contributed by atoms with E-state index in [0.29, 0.717) is 21.1 Å². The molecule has 1 fully saturated rings. The summed E-state index contributed by atoms with van der Waals surface area (Å²) in [6.07, 6.45) is 3.04. The molecule has 1 aliphatic heterocycles. The van der Waals surface area contributed by atoms with Crippen molar-refractivity contribution in [1.29, 1.82) is 0 Å². The molecule has 0 aliphatic carbocycles. The standard InChI is InChI=1S/C12H16OSe/c1-10-12(8-5-9-13-10)14-11-6-3-2-4-7-11/h2-4,6-7,10,12H,5,8-9H2,1H3/t10-,12+/m1/s1. The van der Waals surface area contributed by atoms with E-state index in [-0.39, 0.29) is 0 Å². The molecular weight excluding hydrogens is 239 g/mol. The van der Waals surface area contributed by atoms with Crippen LogP contribution in [0.15, 0.2) is 30.3 Å². The minimum atomic E-state index is 0.462. The first-order chi connectivity index (χ1) is 6.86. The molecule has 2 atom stereocenters. The number of benzene rings is 1. The minimum absolute atomic E-state index is 0.462. The molecule has 76 valence electrons. The van der Waals surface area contributed by atoms with Crippen molar-refractivity contribution in [2.75, 3.05) is 6.61 Å². The van der Waals surface area contributed by atoms with Crippen LogP contribution in [0.3, 0.4) is 0 Å². The molecule has 0 aromatic heterocycles. The molecule has 2 heteroatoms. The van der Waals surface area contributed by atoms with Gasteiger partial charge in [-0.1, -0.05) is 0 Å². The fraction of sp³-hybridized carbons (Fsp3) is 0.500. The van der Waals surface area contributed by atoms with Crippen molar-refractivity contribution in [2.45, 2.75) is 30.7 Å². The van der Waals surface area contributed by atoms with Crippen molar-refractivity contribution in [3.63, 3.8) is 0 Å². The molecule has 0 amide bonds. The average Bonchev–Trinajstić information content (AvgIpc) is 2.23. The van der Waals surface area contributed by atoms with Crippen LogP contribution in [0.25, 0.3) is 0 Å². The zero-order valence-electron chi connectivity index (χ0n) is 8.48. The monoisotopic (exact) mass is 256 g/mol. The van der Waals surface area contributed by atoms with Crippen molar-refractivity contribution >= 4 is 19.4 Å². The van der Waals surface area contributed by atoms with E-state index in [4.69, 9.17) is 4.74 Å². The summed E-state index contributed by atoms with van der Waals surface area (Å²) in [5, 5.41) is 0. The molecule has 0 unspecified atom stereocenters. The number of ether oxygens (including phenoxy) is 1. The molecular formula is C12H16OSe. The molecule has 1 nitrogen and oxygen atoms in total. The maximum atomic E-state index is 5.68. The van der Waals surface area contributed by atoms with E-state index in [1.165, 1.54) is 17.3 Å². The molecule has 0 spiro atoms. The Labute approximate surface area is 92.0 Å². The van der Waals surface area contributed by atoms with Crippen molar-refractivity contribution < 1.29 is 4.74 Å². The molecule has 14 heavy (non-hydrogen) atoms. The quantitative estimate of drug-likeness (QED) is 0.734. The second-order valence-corrected chi connectivity index (χ2v) is 6.44. The Balaban J connectivity index is 1.96. The van der Waals surface area contributed by atoms with E-state index >= 15 is 0 Å². The summed E-state index contributed by atoms with van der Waals surface area (Å²) in [4.78, 5) is 0.777. The Morgan fingerprint density at radius 1 is 1.29 bits per heavy atom. The van der Waals surface area contributed by atoms with E-state index in [1.807, 2.05) is 0 Å². The molecule has 1 heterocycles. The van der Waals surface area contributed by atoms with Gasteiger partial charge in [-0.2, -0.15) is 0 Å². The predicted octanol–water partition coefficient (Wildman–Crippen LogP) is 2.00. The third-order valence-corrected chi connectivity index (χ3v) is 5.64. The van der Waals surface area contributed by atoms with Gasteiger partial charge in [-0.15, -0.1) is 0 Å². The van der Waals surface area contributed by atoms with Crippen LogP contribution in [0.4, 0.5) is 0 Å². The molecule has 0 saturated carbocycles. The number of hydrogen-bond donors (Lipinski definition) is 0. The third-order valence-electron chi connectivity index (χ3n) is 2.57. The molecule has 0 bridgehead atoms. The first-order valence-corrected chi connectivity index (χ1v) is 7.04. The van der Waals surface area contributed by atoms with Gasteiger partial charge >= 0.3 is 91.8 Å². The van der Waals surface area contributed by atoms with Gasteiger partial charge in [-0.3, -0.25) is 0 Å². The van der Waals surface area contributed by atoms with Gasteiger partial charge < -0.3 is 0 Å². The average molecular weight is 255 g/mol. The third kappa shape index (κ3) is 2.60. The van der Waals surface area contributed by atoms with E-state index < -0.39 is 0 Å². The van der Waals surface area contributed by atoms with Crippen LogP contribution in [0.2, 0.25) is 4.82 Å². The fourth-order valence-corrected chi connectivity index (χ4v) is 4.28. The molecule has 1 aromatic rings. The summed E-state index contributed by atoms with van der Waals surface area (Å²) in [6, 6.07) is 10.8. The van der Waals surface area contributed by atoms with Gasteiger partial charge in [0.15, 0.2) is 0 Å². The van der Waals surface area contributed by atoms with E-state index in [9.17, 15) is 0 Å². The van der Waals surface area contributed by atoms with Crippen LogP contribution in [0.1, 0.15) is 19.8 Å². The summed E-state index contributed by atoms with van der Waals surface area (Å²) >= 11 is 0.584. The Kier molecular flexibility index (Phi) is 3.63. The number of hydrogen-bond acceptors (Lipinski definition) is 1. The topological polar surface area (TPSA) is 9.23 Å². The fourth-order valence-electron chi connectivity index (χ4n) is 1.72. The molecule has 1 saturated heterocycles. The first-order valence-electron chi connectivity index (χ1n) is 5.19. The van der Waals surface area contributed by atoms with Crippen LogP contribution < -0.4 is 4.46 Å². The Hall–Kier alpha value is -0.301. The summed E-state index contributed by atoms with van der Waals surface area (Å²) < 4.78 is 7.18. The summed E-state index contributed by atoms with van der Waals surface area (Å²) in [7, 11) is 0. The summed E-state index contributed by atoms with van der Waals surface area (Å²) in [5.74, 6) is 0. The molecule has 0 N–H and O–H groups in total. The van der Waals surface area contributed by atoms with Gasteiger partial charge in [-0.25, -0.2) is 0 Å². The van der Waals surface area contributed by atoms with Gasteiger partial charge in [0.25, 0.3) is 0 Å². The van der Waals surface area contributed by atoms with Gasteiger partial charge in [0.1, 0.15) is 0 Å². The molecule has 1 aliphatic rings. The Morgan fingerprint density at radius 2 is 2.07 bits per heavy atom. The Morgan fingerprint density at radius 3 is 2.79 bits per heavy atom. The van der Waals surface area contributed by atoms with Crippen LogP contribution in [-0.4, -0.2) is 27.7 Å². The maximum absolute atomic E-state index is 5.68. The second kappa shape index (κ2) is 4.97. The van der Waals surface area contributed by atoms with Crippen LogP contribution in [0.5, 0.6) is 0 Å². The first kappa shape index (κ1) is 10.2. The van der Waals surface area contributed by atoms with E-state index in [0.717, 1.165) is 11.4 Å². The van der Waals surface area contributed by atoms with Crippen molar-refractivity contribution in [3.8, 4) is 0 Å². The summed E-state index contributed by atoms with van der Waals surface area (Å²) in [6.45, 7) is 3.18. The van der Waals surface area contributed by atoms with Crippen molar-refractivity contribution in [2.24, 2.45) is 0 Å². The molecule has 2 rings (SSSR count). The predicted molar refractivity (Wildman–Crippen MR) is 60.2 cm³/mol. The van der Waals surface area contributed by atoms with Crippen molar-refractivity contribution in [1.82, 2.24) is 0 Å². The van der Waals surface area contributed by atoms with Gasteiger partial charge in [0.2, 0.25) is 0 Å². The van der Waals surface area contributed by atoms with Gasteiger partial charge in [0, 0.05) is 0 Å². The molecule has 0 radical (unpaired) electrons. The zero-order chi connectivity index (χ0) is 9.80. The van der Waals surface area contributed by atoms with Crippen molar-refractivity contribution in [3.05, 3.63) is 30.3 Å².